The monoisotopic (exact) mass is 353 g/mol. The smallest absolute Gasteiger partial charge is 0.247 e. The fourth-order valence-electron chi connectivity index (χ4n) is 2.72. The van der Waals surface area contributed by atoms with Crippen LogP contribution in [0.5, 0.6) is 0 Å². The van der Waals surface area contributed by atoms with Crippen LogP contribution >= 0.6 is 0 Å². The second-order valence-corrected chi connectivity index (χ2v) is 7.93. The number of hydrogen-bond acceptors (Lipinski definition) is 5. The van der Waals surface area contributed by atoms with Crippen molar-refractivity contribution in [2.75, 3.05) is 7.05 Å². The van der Waals surface area contributed by atoms with E-state index in [9.17, 15) is 0 Å². The lowest BCUT2D eigenvalue weighted by atomic mass is 9.92. The Morgan fingerprint density at radius 2 is 1.96 bits per heavy atom. The summed E-state index contributed by atoms with van der Waals surface area (Å²) in [7, 11) is 2.04. The first-order valence-electron chi connectivity index (χ1n) is 8.89. The first kappa shape index (κ1) is 18.3. The van der Waals surface area contributed by atoms with Crippen molar-refractivity contribution in [3.8, 4) is 11.5 Å². The molecule has 2 heterocycles. The van der Waals surface area contributed by atoms with Crippen molar-refractivity contribution in [2.45, 2.75) is 52.6 Å². The van der Waals surface area contributed by atoms with Gasteiger partial charge in [-0.3, -0.25) is 10.00 Å². The van der Waals surface area contributed by atoms with Gasteiger partial charge in [-0.25, -0.2) is 0 Å². The summed E-state index contributed by atoms with van der Waals surface area (Å²) < 4.78 is 5.92. The summed E-state index contributed by atoms with van der Waals surface area (Å²) >= 11 is 0. The standard InChI is InChI=1S/C20H27N5O/c1-13-8-7-9-15(10-13)19-24-23-18(26-19)14(2)25(6)12-16-11-17(22-21-16)20(3,4)5/h7-11,14H,12H2,1-6H3,(H,21,22). The van der Waals surface area contributed by atoms with Gasteiger partial charge in [0.05, 0.1) is 11.7 Å². The number of nitrogens with zero attached hydrogens (tertiary/aromatic N) is 4. The summed E-state index contributed by atoms with van der Waals surface area (Å²) in [5.41, 5.74) is 4.29. The van der Waals surface area contributed by atoms with Gasteiger partial charge < -0.3 is 4.42 Å². The number of benzene rings is 1. The van der Waals surface area contributed by atoms with Crippen LogP contribution in [0.2, 0.25) is 0 Å². The SMILES string of the molecule is Cc1cccc(-c2nnc(C(C)N(C)Cc3cc(C(C)(C)C)n[nH]3)o2)c1. The number of H-pyrrole nitrogens is 1. The maximum Gasteiger partial charge on any atom is 0.247 e. The normalized spacial score (nSPS) is 13.3. The molecule has 0 fully saturated rings. The van der Waals surface area contributed by atoms with Crippen LogP contribution in [-0.4, -0.2) is 32.3 Å². The number of hydrogen-bond donors (Lipinski definition) is 1. The lowest BCUT2D eigenvalue weighted by molar-refractivity contribution is 0.215. The topological polar surface area (TPSA) is 70.8 Å². The maximum atomic E-state index is 5.92. The zero-order chi connectivity index (χ0) is 18.9. The first-order valence-corrected chi connectivity index (χ1v) is 8.89. The third kappa shape index (κ3) is 4.02. The van der Waals surface area contributed by atoms with Crippen molar-refractivity contribution >= 4 is 0 Å². The van der Waals surface area contributed by atoms with E-state index in [-0.39, 0.29) is 11.5 Å². The Morgan fingerprint density at radius 3 is 2.62 bits per heavy atom. The van der Waals surface area contributed by atoms with E-state index in [4.69, 9.17) is 4.42 Å². The summed E-state index contributed by atoms with van der Waals surface area (Å²) in [5.74, 6) is 1.17. The van der Waals surface area contributed by atoms with Crippen molar-refractivity contribution in [1.29, 1.82) is 0 Å². The van der Waals surface area contributed by atoms with Gasteiger partial charge in [-0.05, 0) is 39.1 Å². The second-order valence-electron chi connectivity index (χ2n) is 7.93. The Labute approximate surface area is 154 Å². The maximum absolute atomic E-state index is 5.92. The quantitative estimate of drug-likeness (QED) is 0.742. The average Bonchev–Trinajstić information content (AvgIpc) is 3.23. The summed E-state index contributed by atoms with van der Waals surface area (Å²) in [6.07, 6.45) is 0. The zero-order valence-corrected chi connectivity index (χ0v) is 16.4. The van der Waals surface area contributed by atoms with Crippen molar-refractivity contribution < 1.29 is 4.42 Å². The van der Waals surface area contributed by atoms with Crippen molar-refractivity contribution in [2.24, 2.45) is 0 Å². The van der Waals surface area contributed by atoms with Gasteiger partial charge in [0.2, 0.25) is 11.8 Å². The van der Waals surface area contributed by atoms with Gasteiger partial charge in [-0.15, -0.1) is 10.2 Å². The summed E-state index contributed by atoms with van der Waals surface area (Å²) in [6.45, 7) is 11.3. The van der Waals surface area contributed by atoms with E-state index in [1.807, 2.05) is 38.2 Å². The Hall–Kier alpha value is -2.47. The van der Waals surface area contributed by atoms with E-state index in [2.05, 4.69) is 59.1 Å². The predicted molar refractivity (Wildman–Crippen MR) is 102 cm³/mol. The molecule has 0 saturated carbocycles. The minimum Gasteiger partial charge on any atom is -0.419 e. The highest BCUT2D eigenvalue weighted by Gasteiger charge is 2.22. The molecule has 3 rings (SSSR count). The van der Waals surface area contributed by atoms with Crippen LogP contribution in [0, 0.1) is 6.92 Å². The molecule has 0 aliphatic rings. The summed E-state index contributed by atoms with van der Waals surface area (Å²) in [5, 5.41) is 16.0. The van der Waals surface area contributed by atoms with Crippen LogP contribution in [-0.2, 0) is 12.0 Å². The highest BCUT2D eigenvalue weighted by Crippen LogP contribution is 2.25. The molecule has 1 unspecified atom stereocenters. The minimum atomic E-state index is 0.00226. The van der Waals surface area contributed by atoms with E-state index in [1.54, 1.807) is 0 Å². The molecule has 2 aromatic heterocycles. The Kier molecular flexibility index (Phi) is 4.96. The molecule has 1 N–H and O–H groups in total. The van der Waals surface area contributed by atoms with E-state index in [0.29, 0.717) is 11.8 Å². The molecule has 0 spiro atoms. The third-order valence-electron chi connectivity index (χ3n) is 4.54. The molecular weight excluding hydrogens is 326 g/mol. The van der Waals surface area contributed by atoms with Gasteiger partial charge in [0.15, 0.2) is 0 Å². The highest BCUT2D eigenvalue weighted by molar-refractivity contribution is 5.53. The van der Waals surface area contributed by atoms with Crippen LogP contribution in [0.3, 0.4) is 0 Å². The van der Waals surface area contributed by atoms with Gasteiger partial charge in [0.1, 0.15) is 0 Å². The fourth-order valence-corrected chi connectivity index (χ4v) is 2.72. The van der Waals surface area contributed by atoms with E-state index in [1.165, 1.54) is 5.56 Å². The Balaban J connectivity index is 1.71. The molecule has 138 valence electrons. The number of aromatic nitrogens is 4. The molecule has 0 saturated heterocycles. The van der Waals surface area contributed by atoms with Crippen LogP contribution in [0.25, 0.3) is 11.5 Å². The Morgan fingerprint density at radius 1 is 1.19 bits per heavy atom. The van der Waals surface area contributed by atoms with Gasteiger partial charge in [-0.2, -0.15) is 5.10 Å². The molecule has 0 amide bonds. The third-order valence-corrected chi connectivity index (χ3v) is 4.54. The molecule has 0 aliphatic heterocycles. The van der Waals surface area contributed by atoms with Crippen molar-refractivity contribution in [1.82, 2.24) is 25.3 Å². The summed E-state index contributed by atoms with van der Waals surface area (Å²) in [6, 6.07) is 10.2. The number of aromatic amines is 1. The molecule has 1 aromatic carbocycles. The fraction of sp³-hybridized carbons (Fsp3) is 0.450. The summed E-state index contributed by atoms with van der Waals surface area (Å²) in [4.78, 5) is 2.16. The Bertz CT molecular complexity index is 874. The van der Waals surface area contributed by atoms with Gasteiger partial charge in [0, 0.05) is 23.2 Å². The minimum absolute atomic E-state index is 0.00226. The highest BCUT2D eigenvalue weighted by atomic mass is 16.4. The molecule has 0 bridgehead atoms. The van der Waals surface area contributed by atoms with E-state index < -0.39 is 0 Å². The molecule has 6 nitrogen and oxygen atoms in total. The molecular formula is C20H27N5O. The molecule has 0 radical (unpaired) electrons. The second kappa shape index (κ2) is 7.03. The molecule has 1 atom stereocenters. The van der Waals surface area contributed by atoms with Gasteiger partial charge in [-0.1, -0.05) is 38.5 Å². The van der Waals surface area contributed by atoms with Crippen LogP contribution in [0.15, 0.2) is 34.7 Å². The lowest BCUT2D eigenvalue weighted by Gasteiger charge is -2.20. The van der Waals surface area contributed by atoms with E-state index in [0.717, 1.165) is 23.5 Å². The number of nitrogens with one attached hydrogen (secondary N) is 1. The van der Waals surface area contributed by atoms with Crippen molar-refractivity contribution in [3.63, 3.8) is 0 Å². The first-order chi connectivity index (χ1) is 12.2. The zero-order valence-electron chi connectivity index (χ0n) is 16.4. The van der Waals surface area contributed by atoms with Crippen LogP contribution in [0.4, 0.5) is 0 Å². The predicted octanol–water partition coefficient (Wildman–Crippen LogP) is 4.26. The van der Waals surface area contributed by atoms with Crippen molar-refractivity contribution in [3.05, 3.63) is 53.2 Å². The lowest BCUT2D eigenvalue weighted by Crippen LogP contribution is -2.22. The molecule has 3 aromatic rings. The van der Waals surface area contributed by atoms with Crippen LogP contribution < -0.4 is 0 Å². The number of rotatable bonds is 5. The molecule has 0 aliphatic carbocycles. The largest absolute Gasteiger partial charge is 0.419 e. The van der Waals surface area contributed by atoms with E-state index >= 15 is 0 Å². The number of aryl methyl sites for hydroxylation is 1. The van der Waals surface area contributed by atoms with Gasteiger partial charge >= 0.3 is 0 Å². The van der Waals surface area contributed by atoms with Crippen LogP contribution in [0.1, 0.15) is 56.6 Å². The molecule has 6 heteroatoms. The molecule has 26 heavy (non-hydrogen) atoms. The van der Waals surface area contributed by atoms with Gasteiger partial charge in [0.25, 0.3) is 0 Å². The average molecular weight is 353 g/mol.